The van der Waals surface area contributed by atoms with E-state index in [0.717, 1.165) is 12.0 Å². The first kappa shape index (κ1) is 21.8. The molecule has 0 aliphatic heterocycles. The molecule has 9 heteroatoms. The topological polar surface area (TPSA) is 110 Å². The highest BCUT2D eigenvalue weighted by molar-refractivity contribution is 7.89. The van der Waals surface area contributed by atoms with Gasteiger partial charge in [-0.1, -0.05) is 32.9 Å². The zero-order valence-electron chi connectivity index (χ0n) is 17.3. The van der Waals surface area contributed by atoms with Gasteiger partial charge >= 0.3 is 5.76 Å². The van der Waals surface area contributed by atoms with E-state index in [1.807, 2.05) is 19.1 Å². The second kappa shape index (κ2) is 8.45. The van der Waals surface area contributed by atoms with E-state index in [9.17, 15) is 18.0 Å². The summed E-state index contributed by atoms with van der Waals surface area (Å²) in [6.07, 6.45) is 0.883. The number of benzene rings is 2. The molecule has 30 heavy (non-hydrogen) atoms. The lowest BCUT2D eigenvalue weighted by Gasteiger charge is -2.21. The Balaban J connectivity index is 1.83. The maximum absolute atomic E-state index is 12.9. The molecule has 0 radical (unpaired) electrons. The first-order valence-electron chi connectivity index (χ1n) is 9.64. The number of hydrogen-bond acceptors (Lipinski definition) is 5. The lowest BCUT2D eigenvalue weighted by molar-refractivity contribution is -0.118. The van der Waals surface area contributed by atoms with Gasteiger partial charge in [-0.3, -0.25) is 9.36 Å². The zero-order chi connectivity index (χ0) is 22.1. The van der Waals surface area contributed by atoms with Gasteiger partial charge in [-0.25, -0.2) is 13.2 Å². The van der Waals surface area contributed by atoms with Crippen LogP contribution < -0.4 is 15.8 Å². The quantitative estimate of drug-likeness (QED) is 0.598. The summed E-state index contributed by atoms with van der Waals surface area (Å²) < 4.78 is 34.6. The molecule has 0 saturated heterocycles. The molecule has 1 heterocycles. The molecule has 1 amide bonds. The van der Waals surface area contributed by atoms with Gasteiger partial charge in [0.15, 0.2) is 5.58 Å². The van der Waals surface area contributed by atoms with Gasteiger partial charge in [0.05, 0.1) is 10.4 Å². The number of aromatic nitrogens is 1. The molecule has 0 aliphatic rings. The Kier molecular flexibility index (Phi) is 6.14. The lowest BCUT2D eigenvalue weighted by Crippen LogP contribution is -2.47. The predicted octanol–water partition coefficient (Wildman–Crippen LogP) is 2.64. The van der Waals surface area contributed by atoms with Gasteiger partial charge in [0, 0.05) is 18.8 Å². The Labute approximate surface area is 174 Å². The van der Waals surface area contributed by atoms with Crippen molar-refractivity contribution in [2.75, 3.05) is 5.32 Å². The number of anilines is 1. The van der Waals surface area contributed by atoms with Crippen molar-refractivity contribution in [3.05, 3.63) is 58.6 Å². The highest BCUT2D eigenvalue weighted by Crippen LogP contribution is 2.19. The van der Waals surface area contributed by atoms with Crippen molar-refractivity contribution in [2.24, 2.45) is 13.0 Å². The van der Waals surface area contributed by atoms with Crippen LogP contribution in [0.15, 0.2) is 56.6 Å². The summed E-state index contributed by atoms with van der Waals surface area (Å²) in [5, 5.41) is 2.76. The summed E-state index contributed by atoms with van der Waals surface area (Å²) in [6, 6.07) is 10.5. The van der Waals surface area contributed by atoms with E-state index < -0.39 is 27.7 Å². The van der Waals surface area contributed by atoms with Gasteiger partial charge in [-0.15, -0.1) is 0 Å². The normalized spacial score (nSPS) is 13.0. The molecule has 8 nitrogen and oxygen atoms in total. The third-order valence-electron chi connectivity index (χ3n) is 4.94. The van der Waals surface area contributed by atoms with E-state index >= 15 is 0 Å². The third-order valence-corrected chi connectivity index (χ3v) is 6.37. The van der Waals surface area contributed by atoms with Crippen LogP contribution in [0.2, 0.25) is 0 Å². The maximum atomic E-state index is 12.9. The number of carbonyl (C=O) groups is 1. The molecule has 0 bridgehead atoms. The Morgan fingerprint density at radius 2 is 1.80 bits per heavy atom. The first-order valence-corrected chi connectivity index (χ1v) is 11.1. The number of rotatable bonds is 7. The molecule has 1 unspecified atom stereocenters. The molecule has 2 N–H and O–H groups in total. The molecule has 0 spiro atoms. The van der Waals surface area contributed by atoms with Gasteiger partial charge in [-0.2, -0.15) is 4.72 Å². The van der Waals surface area contributed by atoms with Crippen molar-refractivity contribution in [3.8, 4) is 0 Å². The van der Waals surface area contributed by atoms with Gasteiger partial charge in [0.25, 0.3) is 0 Å². The van der Waals surface area contributed by atoms with Crippen LogP contribution in [0.5, 0.6) is 0 Å². The number of carbonyl (C=O) groups excluding carboxylic acids is 1. The van der Waals surface area contributed by atoms with E-state index in [1.54, 1.807) is 26.0 Å². The van der Waals surface area contributed by atoms with E-state index in [2.05, 4.69) is 10.0 Å². The number of nitrogens with zero attached hydrogens (tertiary/aromatic N) is 1. The molecular weight excluding hydrogens is 406 g/mol. The molecule has 0 fully saturated rings. The van der Waals surface area contributed by atoms with Gasteiger partial charge in [-0.05, 0) is 42.2 Å². The van der Waals surface area contributed by atoms with Crippen molar-refractivity contribution in [2.45, 2.75) is 38.1 Å². The summed E-state index contributed by atoms with van der Waals surface area (Å²) in [5.74, 6) is -1.33. The summed E-state index contributed by atoms with van der Waals surface area (Å²) in [6.45, 7) is 5.55. The second-order valence-corrected chi connectivity index (χ2v) is 9.15. The first-order chi connectivity index (χ1) is 14.1. The van der Waals surface area contributed by atoms with Crippen LogP contribution in [0.25, 0.3) is 11.1 Å². The number of nitrogens with one attached hydrogen (secondary N) is 2. The summed E-state index contributed by atoms with van der Waals surface area (Å²) in [7, 11) is -2.50. The van der Waals surface area contributed by atoms with Gasteiger partial charge in [0.1, 0.15) is 6.04 Å². The van der Waals surface area contributed by atoms with Crippen LogP contribution in [-0.2, 0) is 28.3 Å². The van der Waals surface area contributed by atoms with Crippen molar-refractivity contribution in [3.63, 3.8) is 0 Å². The van der Waals surface area contributed by atoms with E-state index in [-0.39, 0.29) is 16.4 Å². The fourth-order valence-electron chi connectivity index (χ4n) is 3.05. The highest BCUT2D eigenvalue weighted by atomic mass is 32.2. The van der Waals surface area contributed by atoms with Crippen LogP contribution in [0.1, 0.15) is 26.3 Å². The summed E-state index contributed by atoms with van der Waals surface area (Å²) in [5.41, 5.74) is 2.37. The average Bonchev–Trinajstić information content (AvgIpc) is 2.99. The standard InChI is InChI=1S/C21H25N3O5S/c1-5-14-6-8-15(9-7-14)22-20(25)19(13(2)3)23-30(27,28)16-10-11-17-18(12-16)29-21(26)24(17)4/h6-13,19,23H,5H2,1-4H3,(H,22,25). The van der Waals surface area contributed by atoms with E-state index in [1.165, 1.54) is 29.8 Å². The SMILES string of the molecule is CCc1ccc(NC(=O)C(NS(=O)(=O)c2ccc3c(c2)oc(=O)n3C)C(C)C)cc1. The monoisotopic (exact) mass is 431 g/mol. The van der Waals surface area contributed by atoms with Crippen LogP contribution in [0.4, 0.5) is 5.69 Å². The highest BCUT2D eigenvalue weighted by Gasteiger charge is 2.29. The maximum Gasteiger partial charge on any atom is 0.419 e. The molecule has 3 rings (SSSR count). The van der Waals surface area contributed by atoms with Crippen molar-refractivity contribution < 1.29 is 17.6 Å². The largest absolute Gasteiger partial charge is 0.419 e. The Morgan fingerprint density at radius 3 is 2.40 bits per heavy atom. The molecule has 0 saturated carbocycles. The molecule has 160 valence electrons. The summed E-state index contributed by atoms with van der Waals surface area (Å²) in [4.78, 5) is 24.3. The predicted molar refractivity (Wildman–Crippen MR) is 115 cm³/mol. The van der Waals surface area contributed by atoms with Crippen LogP contribution in [0, 0.1) is 5.92 Å². The van der Waals surface area contributed by atoms with Crippen LogP contribution >= 0.6 is 0 Å². The van der Waals surface area contributed by atoms with Crippen LogP contribution in [0.3, 0.4) is 0 Å². The van der Waals surface area contributed by atoms with Crippen molar-refractivity contribution in [1.82, 2.24) is 9.29 Å². The second-order valence-electron chi connectivity index (χ2n) is 7.44. The van der Waals surface area contributed by atoms with E-state index in [4.69, 9.17) is 4.42 Å². The van der Waals surface area contributed by atoms with E-state index in [0.29, 0.717) is 11.2 Å². The third kappa shape index (κ3) is 4.47. The minimum atomic E-state index is -4.03. The molecule has 1 aromatic heterocycles. The van der Waals surface area contributed by atoms with Crippen LogP contribution in [-0.4, -0.2) is 24.9 Å². The average molecular weight is 432 g/mol. The zero-order valence-corrected chi connectivity index (χ0v) is 18.1. The van der Waals surface area contributed by atoms with Crippen molar-refractivity contribution in [1.29, 1.82) is 0 Å². The number of oxazole rings is 1. The Hall–Kier alpha value is -2.91. The summed E-state index contributed by atoms with van der Waals surface area (Å²) >= 11 is 0. The molecule has 2 aromatic carbocycles. The number of sulfonamides is 1. The molecule has 0 aliphatic carbocycles. The smallest absolute Gasteiger partial charge is 0.408 e. The lowest BCUT2D eigenvalue weighted by atomic mass is 10.0. The number of hydrogen-bond donors (Lipinski definition) is 2. The molecular formula is C21H25N3O5S. The number of aryl methyl sites for hydroxylation is 2. The Morgan fingerprint density at radius 1 is 1.13 bits per heavy atom. The van der Waals surface area contributed by atoms with Gasteiger partial charge in [0.2, 0.25) is 15.9 Å². The fourth-order valence-corrected chi connectivity index (χ4v) is 4.41. The molecule has 3 aromatic rings. The Bertz CT molecular complexity index is 1220. The number of fused-ring (bicyclic) bond motifs is 1. The van der Waals surface area contributed by atoms with Crippen molar-refractivity contribution >= 4 is 32.7 Å². The minimum Gasteiger partial charge on any atom is -0.408 e. The van der Waals surface area contributed by atoms with Gasteiger partial charge < -0.3 is 9.73 Å². The number of amides is 1. The minimum absolute atomic E-state index is 0.0879. The molecule has 1 atom stereocenters. The fraction of sp³-hybridized carbons (Fsp3) is 0.333.